The van der Waals surface area contributed by atoms with Crippen molar-refractivity contribution in [3.63, 3.8) is 0 Å². The van der Waals surface area contributed by atoms with Crippen LogP contribution in [0.15, 0.2) is 59.0 Å². The van der Waals surface area contributed by atoms with Gasteiger partial charge in [0.15, 0.2) is 5.76 Å². The second kappa shape index (κ2) is 6.18. The number of furan rings is 1. The van der Waals surface area contributed by atoms with E-state index >= 15 is 0 Å². The van der Waals surface area contributed by atoms with E-state index in [1.165, 1.54) is 0 Å². The Hall–Kier alpha value is -2.72. The average molecular weight is 327 g/mol. The summed E-state index contributed by atoms with van der Waals surface area (Å²) in [4.78, 5) is 12.2. The molecule has 3 N–H and O–H groups in total. The highest BCUT2D eigenvalue weighted by atomic mass is 35.5. The number of hydrogen-bond acceptors (Lipinski definition) is 3. The number of nitrogens with two attached hydrogens (primary N) is 1. The summed E-state index contributed by atoms with van der Waals surface area (Å²) < 4.78 is 5.61. The lowest BCUT2D eigenvalue weighted by molar-refractivity contribution is 0.0997. The third-order valence-electron chi connectivity index (χ3n) is 3.50. The molecule has 0 atom stereocenters. The first-order chi connectivity index (χ1) is 11.0. The molecule has 2 aromatic carbocycles. The number of anilines is 2. The molecule has 116 valence electrons. The number of hydrogen-bond donors (Lipinski definition) is 2. The van der Waals surface area contributed by atoms with Crippen LogP contribution in [0.25, 0.3) is 11.3 Å². The minimum atomic E-state index is -0.325. The average Bonchev–Trinajstić information content (AvgIpc) is 3.02. The van der Waals surface area contributed by atoms with Crippen LogP contribution in [0.5, 0.6) is 0 Å². The first kappa shape index (κ1) is 15.2. The van der Waals surface area contributed by atoms with Gasteiger partial charge >= 0.3 is 0 Å². The molecule has 1 aromatic heterocycles. The SMILES string of the molecule is Cc1ccc(NC(=O)c2ccc(-c3ccc(Cl)cc3)o2)cc1N. The second-order valence-electron chi connectivity index (χ2n) is 5.20. The maximum Gasteiger partial charge on any atom is 0.291 e. The van der Waals surface area contributed by atoms with Gasteiger partial charge in [-0.05, 0) is 61.0 Å². The Morgan fingerprint density at radius 2 is 1.83 bits per heavy atom. The van der Waals surface area contributed by atoms with E-state index in [1.54, 1.807) is 36.4 Å². The van der Waals surface area contributed by atoms with Gasteiger partial charge in [0, 0.05) is 22.0 Å². The van der Waals surface area contributed by atoms with Crippen molar-refractivity contribution in [1.82, 2.24) is 0 Å². The highest BCUT2D eigenvalue weighted by molar-refractivity contribution is 6.30. The van der Waals surface area contributed by atoms with Crippen molar-refractivity contribution in [3.05, 3.63) is 70.9 Å². The lowest BCUT2D eigenvalue weighted by atomic mass is 10.2. The molecular formula is C18H15ClN2O2. The van der Waals surface area contributed by atoms with E-state index in [4.69, 9.17) is 21.8 Å². The molecule has 0 aliphatic heterocycles. The zero-order valence-corrected chi connectivity index (χ0v) is 13.2. The van der Waals surface area contributed by atoms with Crippen molar-refractivity contribution in [2.75, 3.05) is 11.1 Å². The van der Waals surface area contributed by atoms with Crippen molar-refractivity contribution in [3.8, 4) is 11.3 Å². The molecule has 0 saturated heterocycles. The number of aryl methyl sites for hydroxylation is 1. The molecule has 5 heteroatoms. The fourth-order valence-electron chi connectivity index (χ4n) is 2.14. The highest BCUT2D eigenvalue weighted by Gasteiger charge is 2.13. The molecule has 3 aromatic rings. The van der Waals surface area contributed by atoms with Gasteiger partial charge in [0.25, 0.3) is 5.91 Å². The van der Waals surface area contributed by atoms with Crippen LogP contribution in [0, 0.1) is 6.92 Å². The molecule has 0 spiro atoms. The minimum absolute atomic E-state index is 0.231. The monoisotopic (exact) mass is 326 g/mol. The number of carbonyl (C=O) groups excluding carboxylic acids is 1. The lowest BCUT2D eigenvalue weighted by Crippen LogP contribution is -2.11. The fourth-order valence-corrected chi connectivity index (χ4v) is 2.27. The third-order valence-corrected chi connectivity index (χ3v) is 3.75. The Bertz CT molecular complexity index is 854. The number of halogens is 1. The van der Waals surface area contributed by atoms with Gasteiger partial charge in [-0.1, -0.05) is 17.7 Å². The first-order valence-corrected chi connectivity index (χ1v) is 7.44. The molecule has 0 fully saturated rings. The largest absolute Gasteiger partial charge is 0.451 e. The lowest BCUT2D eigenvalue weighted by Gasteiger charge is -2.06. The summed E-state index contributed by atoms with van der Waals surface area (Å²) in [5, 5.41) is 3.41. The number of amides is 1. The van der Waals surface area contributed by atoms with Crippen LogP contribution in [0.2, 0.25) is 5.02 Å². The van der Waals surface area contributed by atoms with Crippen molar-refractivity contribution in [2.24, 2.45) is 0 Å². The molecular weight excluding hydrogens is 312 g/mol. The fraction of sp³-hybridized carbons (Fsp3) is 0.0556. The van der Waals surface area contributed by atoms with Crippen LogP contribution >= 0.6 is 11.6 Å². The van der Waals surface area contributed by atoms with E-state index < -0.39 is 0 Å². The first-order valence-electron chi connectivity index (χ1n) is 7.06. The van der Waals surface area contributed by atoms with Crippen molar-refractivity contribution in [2.45, 2.75) is 6.92 Å². The molecule has 1 heterocycles. The van der Waals surface area contributed by atoms with Gasteiger partial charge in [0.05, 0.1) is 0 Å². The molecule has 0 bridgehead atoms. The number of nitrogens with one attached hydrogen (secondary N) is 1. The van der Waals surface area contributed by atoms with E-state index in [-0.39, 0.29) is 11.7 Å². The molecule has 1 amide bonds. The Morgan fingerprint density at radius 1 is 1.09 bits per heavy atom. The summed E-state index contributed by atoms with van der Waals surface area (Å²) in [6.07, 6.45) is 0. The Balaban J connectivity index is 1.78. The summed E-state index contributed by atoms with van der Waals surface area (Å²) in [6.45, 7) is 1.91. The maximum atomic E-state index is 12.2. The maximum absolute atomic E-state index is 12.2. The zero-order valence-electron chi connectivity index (χ0n) is 12.5. The summed E-state index contributed by atoms with van der Waals surface area (Å²) in [5.41, 5.74) is 8.92. The molecule has 0 aliphatic rings. The van der Waals surface area contributed by atoms with Gasteiger partial charge in [-0.15, -0.1) is 0 Å². The van der Waals surface area contributed by atoms with E-state index in [1.807, 2.05) is 25.1 Å². The van der Waals surface area contributed by atoms with Crippen molar-refractivity contribution in [1.29, 1.82) is 0 Å². The van der Waals surface area contributed by atoms with Crippen molar-refractivity contribution >= 4 is 28.9 Å². The van der Waals surface area contributed by atoms with Gasteiger partial charge in [-0.2, -0.15) is 0 Å². The van der Waals surface area contributed by atoms with Crippen LogP contribution < -0.4 is 11.1 Å². The van der Waals surface area contributed by atoms with Crippen LogP contribution in [0.1, 0.15) is 16.1 Å². The topological polar surface area (TPSA) is 68.3 Å². The number of nitrogen functional groups attached to an aromatic ring is 1. The second-order valence-corrected chi connectivity index (χ2v) is 5.63. The molecule has 0 saturated carbocycles. The van der Waals surface area contributed by atoms with Gasteiger partial charge < -0.3 is 15.5 Å². The summed E-state index contributed by atoms with van der Waals surface area (Å²) >= 11 is 5.86. The van der Waals surface area contributed by atoms with Gasteiger partial charge in [0.1, 0.15) is 5.76 Å². The highest BCUT2D eigenvalue weighted by Crippen LogP contribution is 2.24. The zero-order chi connectivity index (χ0) is 16.4. The molecule has 0 unspecified atom stereocenters. The summed E-state index contributed by atoms with van der Waals surface area (Å²) in [7, 11) is 0. The van der Waals surface area contributed by atoms with Crippen LogP contribution in [-0.4, -0.2) is 5.91 Å². The van der Waals surface area contributed by atoms with E-state index in [0.29, 0.717) is 22.2 Å². The predicted octanol–water partition coefficient (Wildman–Crippen LogP) is 4.74. The van der Waals surface area contributed by atoms with Gasteiger partial charge in [-0.3, -0.25) is 4.79 Å². The number of benzene rings is 2. The van der Waals surface area contributed by atoms with Crippen LogP contribution in [-0.2, 0) is 0 Å². The van der Waals surface area contributed by atoms with E-state index in [0.717, 1.165) is 11.1 Å². The molecule has 23 heavy (non-hydrogen) atoms. The quantitative estimate of drug-likeness (QED) is 0.683. The third kappa shape index (κ3) is 3.38. The van der Waals surface area contributed by atoms with E-state index in [9.17, 15) is 4.79 Å². The Morgan fingerprint density at radius 3 is 2.52 bits per heavy atom. The summed E-state index contributed by atoms with van der Waals surface area (Å²) in [6, 6.07) is 16.0. The van der Waals surface area contributed by atoms with Crippen LogP contribution in [0.3, 0.4) is 0 Å². The van der Waals surface area contributed by atoms with Gasteiger partial charge in [-0.25, -0.2) is 0 Å². The molecule has 3 rings (SSSR count). The van der Waals surface area contributed by atoms with Gasteiger partial charge in [0.2, 0.25) is 0 Å². The minimum Gasteiger partial charge on any atom is -0.451 e. The molecule has 0 aliphatic carbocycles. The number of rotatable bonds is 3. The normalized spacial score (nSPS) is 10.5. The summed E-state index contributed by atoms with van der Waals surface area (Å²) in [5.74, 6) is 0.512. The smallest absolute Gasteiger partial charge is 0.291 e. The predicted molar refractivity (Wildman–Crippen MR) is 92.7 cm³/mol. The standard InChI is InChI=1S/C18H15ClN2O2/c1-11-2-7-14(10-15(11)20)21-18(22)17-9-8-16(23-17)12-3-5-13(19)6-4-12/h2-10H,20H2,1H3,(H,21,22). The Labute approximate surface area is 138 Å². The van der Waals surface area contributed by atoms with Crippen LogP contribution in [0.4, 0.5) is 11.4 Å². The number of carbonyl (C=O) groups is 1. The molecule has 4 nitrogen and oxygen atoms in total. The van der Waals surface area contributed by atoms with Crippen molar-refractivity contribution < 1.29 is 9.21 Å². The molecule has 0 radical (unpaired) electrons. The Kier molecular flexibility index (Phi) is 4.08. The van der Waals surface area contributed by atoms with E-state index in [2.05, 4.69) is 5.32 Å².